The molecule has 2 heterocycles. The SMILES string of the molecule is Cc1cc(NCCN)c(NCc2ncc(-c3cc(Cl)ccc3Cl)o2)c(Nc2ccccc2C(=O)O)n1. The van der Waals surface area contributed by atoms with E-state index in [9.17, 15) is 9.90 Å². The third-order valence-electron chi connectivity index (χ3n) is 5.18. The Hall–Kier alpha value is -3.79. The summed E-state index contributed by atoms with van der Waals surface area (Å²) >= 11 is 12.4. The lowest BCUT2D eigenvalue weighted by Crippen LogP contribution is -2.16. The van der Waals surface area contributed by atoms with Gasteiger partial charge in [-0.05, 0) is 43.3 Å². The van der Waals surface area contributed by atoms with E-state index in [0.717, 1.165) is 11.4 Å². The average molecular weight is 527 g/mol. The van der Waals surface area contributed by atoms with E-state index in [-0.39, 0.29) is 12.1 Å². The Labute approximate surface area is 217 Å². The van der Waals surface area contributed by atoms with Crippen molar-refractivity contribution in [2.24, 2.45) is 5.73 Å². The maximum atomic E-state index is 11.7. The molecule has 0 saturated heterocycles. The van der Waals surface area contributed by atoms with Gasteiger partial charge in [0.1, 0.15) is 5.69 Å². The number of nitrogens with zero attached hydrogens (tertiary/aromatic N) is 2. The first kappa shape index (κ1) is 25.3. The molecule has 9 nitrogen and oxygen atoms in total. The van der Waals surface area contributed by atoms with Gasteiger partial charge in [0.2, 0.25) is 5.89 Å². The third-order valence-corrected chi connectivity index (χ3v) is 5.75. The van der Waals surface area contributed by atoms with E-state index in [0.29, 0.717) is 57.5 Å². The number of benzene rings is 2. The molecule has 4 aromatic rings. The lowest BCUT2D eigenvalue weighted by Gasteiger charge is -2.19. The topological polar surface area (TPSA) is 138 Å². The van der Waals surface area contributed by atoms with Gasteiger partial charge < -0.3 is 31.2 Å². The fourth-order valence-electron chi connectivity index (χ4n) is 3.56. The number of hydrogen-bond acceptors (Lipinski definition) is 8. The standard InChI is InChI=1S/C25H24Cl2N6O3/c1-14-10-20(29-9-8-28)23(24(32-14)33-19-5-3-2-4-16(19)25(34)35)31-13-22-30-12-21(36-22)17-11-15(26)6-7-18(17)27/h2-7,10-12,31H,8-9,13,28H2,1H3,(H,34,35)(H2,29,32,33). The normalized spacial score (nSPS) is 10.8. The van der Waals surface area contributed by atoms with Crippen LogP contribution < -0.4 is 21.7 Å². The van der Waals surface area contributed by atoms with Crippen molar-refractivity contribution in [1.29, 1.82) is 0 Å². The van der Waals surface area contributed by atoms with Crippen molar-refractivity contribution in [3.8, 4) is 11.3 Å². The average Bonchev–Trinajstić information content (AvgIpc) is 3.32. The minimum absolute atomic E-state index is 0.124. The highest BCUT2D eigenvalue weighted by molar-refractivity contribution is 6.35. The van der Waals surface area contributed by atoms with Crippen molar-refractivity contribution < 1.29 is 14.3 Å². The highest BCUT2D eigenvalue weighted by Gasteiger charge is 2.17. The molecular weight excluding hydrogens is 503 g/mol. The molecule has 0 saturated carbocycles. The van der Waals surface area contributed by atoms with Gasteiger partial charge in [-0.3, -0.25) is 0 Å². The van der Waals surface area contributed by atoms with Crippen LogP contribution in [0.25, 0.3) is 11.3 Å². The van der Waals surface area contributed by atoms with Crippen LogP contribution in [0.5, 0.6) is 0 Å². The van der Waals surface area contributed by atoms with E-state index in [4.69, 9.17) is 33.4 Å². The van der Waals surface area contributed by atoms with Gasteiger partial charge in [-0.15, -0.1) is 0 Å². The van der Waals surface area contributed by atoms with Crippen molar-refractivity contribution in [2.75, 3.05) is 29.0 Å². The Morgan fingerprint density at radius 1 is 1.11 bits per heavy atom. The van der Waals surface area contributed by atoms with Crippen LogP contribution in [0, 0.1) is 6.92 Å². The smallest absolute Gasteiger partial charge is 0.337 e. The molecule has 0 bridgehead atoms. The molecule has 0 atom stereocenters. The summed E-state index contributed by atoms with van der Waals surface area (Å²) in [6.07, 6.45) is 1.58. The molecule has 2 aromatic heterocycles. The first-order valence-electron chi connectivity index (χ1n) is 11.0. The maximum absolute atomic E-state index is 11.7. The van der Waals surface area contributed by atoms with Crippen molar-refractivity contribution >= 4 is 52.1 Å². The van der Waals surface area contributed by atoms with Gasteiger partial charge in [-0.25, -0.2) is 14.8 Å². The van der Waals surface area contributed by atoms with Crippen molar-refractivity contribution in [3.05, 3.63) is 81.9 Å². The Morgan fingerprint density at radius 2 is 1.92 bits per heavy atom. The summed E-state index contributed by atoms with van der Waals surface area (Å²) in [7, 11) is 0. The van der Waals surface area contributed by atoms with Crippen LogP contribution in [0.3, 0.4) is 0 Å². The first-order chi connectivity index (χ1) is 17.4. The van der Waals surface area contributed by atoms with Crippen LogP contribution in [0.2, 0.25) is 10.0 Å². The van der Waals surface area contributed by atoms with Crippen LogP contribution in [-0.2, 0) is 6.54 Å². The molecule has 4 rings (SSSR count). The Kier molecular flexibility index (Phi) is 7.94. The number of para-hydroxylation sites is 1. The molecule has 0 aliphatic carbocycles. The number of nitrogens with one attached hydrogen (secondary N) is 3. The quantitative estimate of drug-likeness (QED) is 0.174. The third kappa shape index (κ3) is 5.88. The fourth-order valence-corrected chi connectivity index (χ4v) is 3.94. The summed E-state index contributed by atoms with van der Waals surface area (Å²) in [6.45, 7) is 3.02. The Balaban J connectivity index is 1.65. The number of carboxylic acids is 1. The predicted molar refractivity (Wildman–Crippen MR) is 142 cm³/mol. The zero-order valence-electron chi connectivity index (χ0n) is 19.3. The van der Waals surface area contributed by atoms with Gasteiger partial charge in [-0.1, -0.05) is 35.3 Å². The minimum Gasteiger partial charge on any atom is -0.478 e. The van der Waals surface area contributed by atoms with E-state index >= 15 is 0 Å². The molecule has 0 radical (unpaired) electrons. The largest absolute Gasteiger partial charge is 0.478 e. The maximum Gasteiger partial charge on any atom is 0.337 e. The summed E-state index contributed by atoms with van der Waals surface area (Å²) in [6, 6.07) is 13.6. The number of nitrogens with two attached hydrogens (primary N) is 1. The molecule has 0 aliphatic rings. The molecule has 0 unspecified atom stereocenters. The fraction of sp³-hybridized carbons (Fsp3) is 0.160. The number of carboxylic acid groups (broad SMARTS) is 1. The summed E-state index contributed by atoms with van der Waals surface area (Å²) in [5.74, 6) is 0.279. The number of hydrogen-bond donors (Lipinski definition) is 5. The number of oxazole rings is 1. The van der Waals surface area contributed by atoms with E-state index < -0.39 is 5.97 Å². The van der Waals surface area contributed by atoms with E-state index in [1.165, 1.54) is 6.07 Å². The molecule has 36 heavy (non-hydrogen) atoms. The van der Waals surface area contributed by atoms with Crippen LogP contribution in [0.4, 0.5) is 22.9 Å². The van der Waals surface area contributed by atoms with Crippen LogP contribution >= 0.6 is 23.2 Å². The Bertz CT molecular complexity index is 1390. The van der Waals surface area contributed by atoms with Crippen LogP contribution in [0.15, 0.2) is 59.1 Å². The van der Waals surface area contributed by atoms with Crippen molar-refractivity contribution in [2.45, 2.75) is 13.5 Å². The van der Waals surface area contributed by atoms with Crippen LogP contribution in [0.1, 0.15) is 21.9 Å². The number of aryl methyl sites for hydroxylation is 1. The summed E-state index contributed by atoms with van der Waals surface area (Å²) in [4.78, 5) is 20.7. The lowest BCUT2D eigenvalue weighted by atomic mass is 10.1. The predicted octanol–water partition coefficient (Wildman–Crippen LogP) is 5.78. The van der Waals surface area contributed by atoms with Gasteiger partial charge in [0.15, 0.2) is 11.6 Å². The molecule has 0 aliphatic heterocycles. The Morgan fingerprint density at radius 3 is 2.69 bits per heavy atom. The second kappa shape index (κ2) is 11.3. The van der Waals surface area contributed by atoms with E-state index in [1.807, 2.05) is 13.0 Å². The van der Waals surface area contributed by atoms with E-state index in [1.54, 1.807) is 42.6 Å². The number of aromatic carboxylic acids is 1. The number of anilines is 4. The highest BCUT2D eigenvalue weighted by Crippen LogP contribution is 2.34. The molecule has 0 amide bonds. The number of aromatic nitrogens is 2. The molecule has 186 valence electrons. The summed E-state index contributed by atoms with van der Waals surface area (Å²) in [5.41, 5.74) is 8.94. The zero-order valence-corrected chi connectivity index (χ0v) is 20.8. The van der Waals surface area contributed by atoms with Crippen molar-refractivity contribution in [1.82, 2.24) is 9.97 Å². The molecule has 6 N–H and O–H groups in total. The lowest BCUT2D eigenvalue weighted by molar-refractivity contribution is 0.0698. The second-order valence-electron chi connectivity index (χ2n) is 7.82. The zero-order chi connectivity index (χ0) is 25.7. The van der Waals surface area contributed by atoms with Crippen molar-refractivity contribution in [3.63, 3.8) is 0 Å². The number of carbonyl (C=O) groups is 1. The second-order valence-corrected chi connectivity index (χ2v) is 8.67. The van der Waals surface area contributed by atoms with E-state index in [2.05, 4.69) is 25.9 Å². The highest BCUT2D eigenvalue weighted by atomic mass is 35.5. The van der Waals surface area contributed by atoms with Gasteiger partial charge in [0, 0.05) is 29.4 Å². The number of rotatable bonds is 10. The molecule has 0 fully saturated rings. The van der Waals surface area contributed by atoms with Gasteiger partial charge >= 0.3 is 5.97 Å². The number of pyridine rings is 1. The minimum atomic E-state index is -1.05. The number of halogens is 2. The molecular formula is C25H24Cl2N6O3. The van der Waals surface area contributed by atoms with Gasteiger partial charge in [0.05, 0.1) is 34.7 Å². The van der Waals surface area contributed by atoms with Gasteiger partial charge in [0.25, 0.3) is 0 Å². The molecule has 2 aromatic carbocycles. The first-order valence-corrected chi connectivity index (χ1v) is 11.8. The molecule has 0 spiro atoms. The monoisotopic (exact) mass is 526 g/mol. The van der Waals surface area contributed by atoms with Crippen LogP contribution in [-0.4, -0.2) is 34.1 Å². The molecule has 11 heteroatoms. The summed E-state index contributed by atoms with van der Waals surface area (Å²) in [5, 5.41) is 20.3. The summed E-state index contributed by atoms with van der Waals surface area (Å²) < 4.78 is 5.91. The van der Waals surface area contributed by atoms with Gasteiger partial charge in [-0.2, -0.15) is 0 Å².